The van der Waals surface area contributed by atoms with Crippen LogP contribution >= 0.6 is 11.6 Å². The van der Waals surface area contributed by atoms with E-state index in [0.29, 0.717) is 37.7 Å². The summed E-state index contributed by atoms with van der Waals surface area (Å²) in [6, 6.07) is 5.60. The lowest BCUT2D eigenvalue weighted by Gasteiger charge is -2.34. The molecule has 1 aromatic heterocycles. The number of hydrogen-bond acceptors (Lipinski definition) is 5. The molecule has 1 saturated heterocycles. The minimum atomic E-state index is -0.597. The molecule has 8 nitrogen and oxygen atoms in total. The fourth-order valence-corrected chi connectivity index (χ4v) is 3.05. The van der Waals surface area contributed by atoms with Crippen molar-refractivity contribution in [2.24, 2.45) is 0 Å². The maximum Gasteiger partial charge on any atom is 0.389 e. The van der Waals surface area contributed by atoms with E-state index < -0.39 is 4.92 Å². The van der Waals surface area contributed by atoms with Crippen LogP contribution in [0.25, 0.3) is 0 Å². The van der Waals surface area contributed by atoms with Crippen molar-refractivity contribution in [3.05, 3.63) is 57.0 Å². The Labute approximate surface area is 153 Å². The standard InChI is InChI=1S/C16H17ClFN5O3/c17-14-9-13(18)2-1-12(14)10-20-5-7-21(8-6-20)16(24)11-22-4-3-15(19-22)23(25)26/h1-4,9H,5-8,10-11H2. The summed E-state index contributed by atoms with van der Waals surface area (Å²) in [4.78, 5) is 26.2. The van der Waals surface area contributed by atoms with Gasteiger partial charge in [-0.25, -0.2) is 4.39 Å². The van der Waals surface area contributed by atoms with Crippen molar-refractivity contribution in [1.29, 1.82) is 0 Å². The minimum absolute atomic E-state index is 0.0301. The van der Waals surface area contributed by atoms with Crippen LogP contribution in [0.1, 0.15) is 5.56 Å². The number of piperazine rings is 1. The molecular weight excluding hydrogens is 365 g/mol. The van der Waals surface area contributed by atoms with Crippen molar-refractivity contribution >= 4 is 23.3 Å². The Balaban J connectivity index is 1.51. The Morgan fingerprint density at radius 2 is 2.00 bits per heavy atom. The van der Waals surface area contributed by atoms with E-state index in [0.717, 1.165) is 5.56 Å². The summed E-state index contributed by atoms with van der Waals surface area (Å²) >= 11 is 6.05. The molecule has 0 atom stereocenters. The van der Waals surface area contributed by atoms with Crippen molar-refractivity contribution in [3.63, 3.8) is 0 Å². The molecule has 0 aliphatic carbocycles. The van der Waals surface area contributed by atoms with Gasteiger partial charge in [-0.05, 0) is 22.6 Å². The van der Waals surface area contributed by atoms with E-state index in [9.17, 15) is 19.3 Å². The largest absolute Gasteiger partial charge is 0.389 e. The van der Waals surface area contributed by atoms with Gasteiger partial charge >= 0.3 is 5.82 Å². The second-order valence-corrected chi connectivity index (χ2v) is 6.43. The van der Waals surface area contributed by atoms with Crippen molar-refractivity contribution in [2.75, 3.05) is 26.2 Å². The van der Waals surface area contributed by atoms with Gasteiger partial charge in [-0.2, -0.15) is 4.68 Å². The van der Waals surface area contributed by atoms with Gasteiger partial charge in [0.2, 0.25) is 5.91 Å². The topological polar surface area (TPSA) is 84.5 Å². The first-order valence-electron chi connectivity index (χ1n) is 8.04. The fourth-order valence-electron chi connectivity index (χ4n) is 2.82. The van der Waals surface area contributed by atoms with Crippen LogP contribution < -0.4 is 0 Å². The molecule has 1 fully saturated rings. The third kappa shape index (κ3) is 4.36. The molecule has 138 valence electrons. The highest BCUT2D eigenvalue weighted by atomic mass is 35.5. The van der Waals surface area contributed by atoms with Gasteiger partial charge in [0.1, 0.15) is 12.4 Å². The molecule has 1 aliphatic heterocycles. The summed E-state index contributed by atoms with van der Waals surface area (Å²) in [5.74, 6) is -0.783. The maximum absolute atomic E-state index is 13.1. The number of halogens is 2. The number of nitro groups is 1. The number of nitrogens with zero attached hydrogens (tertiary/aromatic N) is 5. The number of amides is 1. The van der Waals surface area contributed by atoms with Gasteiger partial charge in [0.15, 0.2) is 0 Å². The van der Waals surface area contributed by atoms with Crippen LogP contribution in [0.2, 0.25) is 5.02 Å². The Bertz CT molecular complexity index is 820. The summed E-state index contributed by atoms with van der Waals surface area (Å²) in [5, 5.41) is 14.8. The molecule has 0 radical (unpaired) electrons. The van der Waals surface area contributed by atoms with Crippen LogP contribution in [0.4, 0.5) is 10.2 Å². The lowest BCUT2D eigenvalue weighted by atomic mass is 10.2. The van der Waals surface area contributed by atoms with E-state index in [1.54, 1.807) is 11.0 Å². The predicted octanol–water partition coefficient (Wildman–Crippen LogP) is 1.93. The van der Waals surface area contributed by atoms with Crippen molar-refractivity contribution in [2.45, 2.75) is 13.1 Å². The SMILES string of the molecule is O=C(Cn1ccc([N+](=O)[O-])n1)N1CCN(Cc2ccc(F)cc2Cl)CC1. The maximum atomic E-state index is 13.1. The lowest BCUT2D eigenvalue weighted by molar-refractivity contribution is -0.389. The number of rotatable bonds is 5. The first-order chi connectivity index (χ1) is 12.4. The molecule has 10 heteroatoms. The monoisotopic (exact) mass is 381 g/mol. The predicted molar refractivity (Wildman–Crippen MR) is 92.1 cm³/mol. The molecule has 3 rings (SSSR count). The van der Waals surface area contributed by atoms with E-state index in [2.05, 4.69) is 10.00 Å². The molecule has 0 bridgehead atoms. The summed E-state index contributed by atoms with van der Waals surface area (Å²) in [7, 11) is 0. The van der Waals surface area contributed by atoms with E-state index in [1.165, 1.54) is 29.1 Å². The summed E-state index contributed by atoms with van der Waals surface area (Å²) in [6.07, 6.45) is 1.42. The molecular formula is C16H17ClFN5O3. The van der Waals surface area contributed by atoms with Crippen LogP contribution in [0.3, 0.4) is 0 Å². The number of benzene rings is 1. The second kappa shape index (κ2) is 7.79. The molecule has 0 N–H and O–H groups in total. The van der Waals surface area contributed by atoms with Crippen LogP contribution in [-0.2, 0) is 17.9 Å². The first kappa shape index (κ1) is 18.3. The average molecular weight is 382 g/mol. The Hall–Kier alpha value is -2.52. The molecule has 0 unspecified atom stereocenters. The molecule has 0 saturated carbocycles. The van der Waals surface area contributed by atoms with Crippen molar-refractivity contribution < 1.29 is 14.1 Å². The van der Waals surface area contributed by atoms with E-state index in [-0.39, 0.29) is 24.1 Å². The summed E-state index contributed by atoms with van der Waals surface area (Å²) in [6.45, 7) is 2.98. The molecule has 1 aromatic carbocycles. The summed E-state index contributed by atoms with van der Waals surface area (Å²) < 4.78 is 14.4. The van der Waals surface area contributed by atoms with Crippen LogP contribution in [0.5, 0.6) is 0 Å². The van der Waals surface area contributed by atoms with E-state index >= 15 is 0 Å². The lowest BCUT2D eigenvalue weighted by Crippen LogP contribution is -2.49. The molecule has 1 aliphatic rings. The third-order valence-electron chi connectivity index (χ3n) is 4.24. The van der Waals surface area contributed by atoms with Crippen LogP contribution in [-0.4, -0.2) is 56.6 Å². The fraction of sp³-hybridized carbons (Fsp3) is 0.375. The highest BCUT2D eigenvalue weighted by Gasteiger charge is 2.23. The Morgan fingerprint density at radius 1 is 1.27 bits per heavy atom. The van der Waals surface area contributed by atoms with Crippen molar-refractivity contribution in [1.82, 2.24) is 19.6 Å². The van der Waals surface area contributed by atoms with Gasteiger partial charge in [0.05, 0.1) is 17.4 Å². The van der Waals surface area contributed by atoms with Gasteiger partial charge in [-0.15, -0.1) is 0 Å². The number of aromatic nitrogens is 2. The number of carbonyl (C=O) groups is 1. The zero-order valence-electron chi connectivity index (χ0n) is 13.8. The van der Waals surface area contributed by atoms with Crippen LogP contribution in [0, 0.1) is 15.9 Å². The van der Waals surface area contributed by atoms with Crippen LogP contribution in [0.15, 0.2) is 30.5 Å². The Morgan fingerprint density at radius 3 is 2.62 bits per heavy atom. The third-order valence-corrected chi connectivity index (χ3v) is 4.60. The molecule has 2 heterocycles. The molecule has 26 heavy (non-hydrogen) atoms. The Kier molecular flexibility index (Phi) is 5.48. The van der Waals surface area contributed by atoms with E-state index in [1.807, 2.05) is 0 Å². The van der Waals surface area contributed by atoms with Crippen molar-refractivity contribution in [3.8, 4) is 0 Å². The zero-order chi connectivity index (χ0) is 18.7. The highest BCUT2D eigenvalue weighted by molar-refractivity contribution is 6.31. The molecule has 2 aromatic rings. The number of hydrogen-bond donors (Lipinski definition) is 0. The van der Waals surface area contributed by atoms with Gasteiger partial charge < -0.3 is 15.0 Å². The van der Waals surface area contributed by atoms with Gasteiger partial charge in [-0.1, -0.05) is 17.7 Å². The van der Waals surface area contributed by atoms with Gasteiger partial charge in [0.25, 0.3) is 0 Å². The molecule has 0 spiro atoms. The van der Waals surface area contributed by atoms with Gasteiger partial charge in [-0.3, -0.25) is 9.69 Å². The summed E-state index contributed by atoms with van der Waals surface area (Å²) in [5.41, 5.74) is 0.844. The first-order valence-corrected chi connectivity index (χ1v) is 8.42. The van der Waals surface area contributed by atoms with Gasteiger partial charge in [0, 0.05) is 37.7 Å². The molecule has 1 amide bonds. The second-order valence-electron chi connectivity index (χ2n) is 6.02. The van der Waals surface area contributed by atoms with E-state index in [4.69, 9.17) is 11.6 Å². The highest BCUT2D eigenvalue weighted by Crippen LogP contribution is 2.19. The quantitative estimate of drug-likeness (QED) is 0.583. The zero-order valence-corrected chi connectivity index (χ0v) is 14.6. The normalized spacial score (nSPS) is 15.2. The smallest absolute Gasteiger partial charge is 0.358 e. The average Bonchev–Trinajstić information content (AvgIpc) is 3.07. The number of carbonyl (C=O) groups excluding carboxylic acids is 1. The minimum Gasteiger partial charge on any atom is -0.358 e.